The van der Waals surface area contributed by atoms with Crippen molar-refractivity contribution in [3.8, 4) is 0 Å². The molecule has 3 amide bonds. The lowest BCUT2D eigenvalue weighted by Crippen LogP contribution is -2.58. The highest BCUT2D eigenvalue weighted by atomic mass is 32.2. The Morgan fingerprint density at radius 3 is 2.35 bits per heavy atom. The zero-order valence-electron chi connectivity index (χ0n) is 22.3. The van der Waals surface area contributed by atoms with Crippen molar-refractivity contribution in [2.45, 2.75) is 68.2 Å². The lowest BCUT2D eigenvalue weighted by molar-refractivity contribution is -0.146. The fraction of sp³-hybridized carbons (Fsp3) is 0.552. The van der Waals surface area contributed by atoms with Gasteiger partial charge in [0.15, 0.2) is 0 Å². The van der Waals surface area contributed by atoms with Gasteiger partial charge in [0.2, 0.25) is 17.7 Å². The van der Waals surface area contributed by atoms with E-state index in [9.17, 15) is 19.5 Å². The van der Waals surface area contributed by atoms with Gasteiger partial charge >= 0.3 is 0 Å². The van der Waals surface area contributed by atoms with Crippen LogP contribution >= 0.6 is 11.8 Å². The molecule has 200 valence electrons. The summed E-state index contributed by atoms with van der Waals surface area (Å²) in [7, 11) is 0. The molecular formula is C29H39N3O4S. The van der Waals surface area contributed by atoms with E-state index in [2.05, 4.69) is 20.1 Å². The summed E-state index contributed by atoms with van der Waals surface area (Å²) in [6.45, 7) is 15.9. The molecule has 0 aliphatic carbocycles. The van der Waals surface area contributed by atoms with Crippen molar-refractivity contribution >= 4 is 35.2 Å². The predicted octanol–water partition coefficient (Wildman–Crippen LogP) is 3.49. The third-order valence-corrected chi connectivity index (χ3v) is 10.3. The van der Waals surface area contributed by atoms with E-state index in [1.807, 2.05) is 44.2 Å². The number of nitrogens with zero attached hydrogens (tertiary/aromatic N) is 3. The van der Waals surface area contributed by atoms with Crippen molar-refractivity contribution in [1.82, 2.24) is 9.80 Å². The summed E-state index contributed by atoms with van der Waals surface area (Å²) in [5, 5.41) is 10.1. The maximum absolute atomic E-state index is 14.3. The number of hydrogen-bond donors (Lipinski definition) is 1. The molecule has 2 unspecified atom stereocenters. The van der Waals surface area contributed by atoms with Gasteiger partial charge in [-0.25, -0.2) is 0 Å². The minimum Gasteiger partial charge on any atom is -0.394 e. The zero-order chi connectivity index (χ0) is 27.1. The molecule has 3 saturated heterocycles. The number of rotatable bonds is 10. The summed E-state index contributed by atoms with van der Waals surface area (Å²) in [6.07, 6.45) is 4.81. The Bertz CT molecular complexity index is 1080. The fourth-order valence-electron chi connectivity index (χ4n) is 6.66. The number of anilines is 1. The molecule has 0 radical (unpaired) electrons. The minimum atomic E-state index is -0.747. The highest BCUT2D eigenvalue weighted by molar-refractivity contribution is 8.02. The van der Waals surface area contributed by atoms with Crippen LogP contribution in [0.5, 0.6) is 0 Å². The molecule has 3 aliphatic rings. The van der Waals surface area contributed by atoms with Crippen molar-refractivity contribution in [2.75, 3.05) is 24.6 Å². The molecular weight excluding hydrogens is 486 g/mol. The van der Waals surface area contributed by atoms with Crippen LogP contribution in [0.2, 0.25) is 0 Å². The maximum atomic E-state index is 14.3. The van der Waals surface area contributed by atoms with Gasteiger partial charge < -0.3 is 19.8 Å². The van der Waals surface area contributed by atoms with Crippen LogP contribution in [-0.2, 0) is 14.4 Å². The molecule has 1 N–H and O–H groups in total. The molecule has 8 heteroatoms. The van der Waals surface area contributed by atoms with Gasteiger partial charge in [-0.05, 0) is 52.7 Å². The van der Waals surface area contributed by atoms with Crippen LogP contribution in [0.4, 0.5) is 5.69 Å². The molecule has 3 aliphatic heterocycles. The van der Waals surface area contributed by atoms with Crippen LogP contribution in [-0.4, -0.2) is 79.9 Å². The van der Waals surface area contributed by atoms with Crippen molar-refractivity contribution in [2.24, 2.45) is 11.8 Å². The van der Waals surface area contributed by atoms with Crippen LogP contribution in [0.1, 0.15) is 40.5 Å². The van der Waals surface area contributed by atoms with E-state index in [-0.39, 0.29) is 30.4 Å². The van der Waals surface area contributed by atoms with Crippen molar-refractivity contribution in [3.05, 3.63) is 55.6 Å². The smallest absolute Gasteiger partial charge is 0.247 e. The molecule has 1 aromatic carbocycles. The number of para-hydroxylation sites is 1. The van der Waals surface area contributed by atoms with Crippen LogP contribution in [0, 0.1) is 11.8 Å². The first-order valence-electron chi connectivity index (χ1n) is 13.1. The topological polar surface area (TPSA) is 81.2 Å². The highest BCUT2D eigenvalue weighted by Gasteiger charge is 2.78. The van der Waals surface area contributed by atoms with Gasteiger partial charge in [0.1, 0.15) is 6.04 Å². The van der Waals surface area contributed by atoms with E-state index < -0.39 is 33.4 Å². The third-order valence-electron chi connectivity index (χ3n) is 8.33. The van der Waals surface area contributed by atoms with E-state index in [0.29, 0.717) is 19.5 Å². The van der Waals surface area contributed by atoms with Crippen LogP contribution in [0.3, 0.4) is 0 Å². The lowest BCUT2D eigenvalue weighted by Gasteiger charge is -2.40. The summed E-state index contributed by atoms with van der Waals surface area (Å²) in [6, 6.07) is 8.08. The number of benzene rings is 1. The number of fused-ring (bicyclic) bond motifs is 1. The lowest BCUT2D eigenvalue weighted by atomic mass is 9.66. The van der Waals surface area contributed by atoms with E-state index in [4.69, 9.17) is 0 Å². The largest absolute Gasteiger partial charge is 0.394 e. The molecule has 3 fully saturated rings. The van der Waals surface area contributed by atoms with Crippen molar-refractivity contribution < 1.29 is 19.5 Å². The quantitative estimate of drug-likeness (QED) is 0.473. The Morgan fingerprint density at radius 2 is 1.78 bits per heavy atom. The standard InChI is InChI=1S/C29H39N3O4S/c1-7-16-30(19(3)4)27(36)24-29-15-14-28(6,37-29)22(23(29)26(35)32(24)20(5)18-33)25(34)31(17-8-2)21-12-10-9-11-13-21/h7-13,19-20,22-24,33H,1-2,14-18H2,3-6H3/t20-,22+,23+,24?,28-,29?/m1/s1. The summed E-state index contributed by atoms with van der Waals surface area (Å²) in [4.78, 5) is 47.8. The Kier molecular flexibility index (Phi) is 7.64. The van der Waals surface area contributed by atoms with Crippen LogP contribution < -0.4 is 4.90 Å². The van der Waals surface area contributed by atoms with E-state index in [1.54, 1.807) is 45.5 Å². The van der Waals surface area contributed by atoms with Gasteiger partial charge in [0.25, 0.3) is 0 Å². The Balaban J connectivity index is 1.82. The van der Waals surface area contributed by atoms with Gasteiger partial charge in [0, 0.05) is 29.6 Å². The number of amides is 3. The fourth-order valence-corrected chi connectivity index (χ4v) is 8.99. The van der Waals surface area contributed by atoms with Crippen LogP contribution in [0.15, 0.2) is 55.6 Å². The van der Waals surface area contributed by atoms with Gasteiger partial charge in [-0.2, -0.15) is 0 Å². The Hall–Kier alpha value is -2.58. The number of aliphatic hydroxyl groups excluding tert-OH is 1. The number of aliphatic hydroxyl groups is 1. The molecule has 2 bridgehead atoms. The molecule has 1 aromatic rings. The summed E-state index contributed by atoms with van der Waals surface area (Å²) < 4.78 is -1.20. The minimum absolute atomic E-state index is 0.0832. The molecule has 1 spiro atoms. The molecule has 3 heterocycles. The average Bonchev–Trinajstić information content (AvgIpc) is 3.45. The first-order valence-corrected chi connectivity index (χ1v) is 13.9. The first kappa shape index (κ1) is 27.5. The average molecular weight is 526 g/mol. The Labute approximate surface area is 224 Å². The van der Waals surface area contributed by atoms with E-state index >= 15 is 0 Å². The number of likely N-dealkylation sites (tertiary alicyclic amines) is 1. The maximum Gasteiger partial charge on any atom is 0.247 e. The third kappa shape index (κ3) is 4.22. The monoisotopic (exact) mass is 525 g/mol. The Morgan fingerprint density at radius 1 is 1.14 bits per heavy atom. The highest BCUT2D eigenvalue weighted by Crippen LogP contribution is 2.72. The zero-order valence-corrected chi connectivity index (χ0v) is 23.1. The summed E-state index contributed by atoms with van der Waals surface area (Å²) >= 11 is 1.65. The normalized spacial score (nSPS) is 30.8. The molecule has 37 heavy (non-hydrogen) atoms. The van der Waals surface area contributed by atoms with Crippen LogP contribution in [0.25, 0.3) is 0 Å². The molecule has 6 atom stereocenters. The van der Waals surface area contributed by atoms with Gasteiger partial charge in [-0.1, -0.05) is 30.4 Å². The second kappa shape index (κ2) is 10.3. The number of thioether (sulfide) groups is 1. The van der Waals surface area contributed by atoms with E-state index in [0.717, 1.165) is 12.1 Å². The first-order chi connectivity index (χ1) is 17.6. The van der Waals surface area contributed by atoms with E-state index in [1.165, 1.54) is 0 Å². The SMILES string of the molecule is C=CCN(C(=O)[C@@H]1[C@H]2C(=O)N([C@H](C)CO)C(C(=O)N(CC=C)C(C)C)C23CC[C@@]1(C)S3)c1ccccc1. The number of carbonyl (C=O) groups excluding carboxylic acids is 3. The molecule has 4 rings (SSSR count). The predicted molar refractivity (Wildman–Crippen MR) is 148 cm³/mol. The van der Waals surface area contributed by atoms with Gasteiger partial charge in [-0.3, -0.25) is 14.4 Å². The van der Waals surface area contributed by atoms with Crippen molar-refractivity contribution in [1.29, 1.82) is 0 Å². The number of hydrogen-bond acceptors (Lipinski definition) is 5. The van der Waals surface area contributed by atoms with Crippen molar-refractivity contribution in [3.63, 3.8) is 0 Å². The number of carbonyl (C=O) groups is 3. The summed E-state index contributed by atoms with van der Waals surface area (Å²) in [5.74, 6) is -1.68. The van der Waals surface area contributed by atoms with Gasteiger partial charge in [-0.15, -0.1) is 24.9 Å². The second-order valence-corrected chi connectivity index (χ2v) is 12.8. The van der Waals surface area contributed by atoms with Gasteiger partial charge in [0.05, 0.1) is 29.2 Å². The molecule has 0 saturated carbocycles. The summed E-state index contributed by atoms with van der Waals surface area (Å²) in [5.41, 5.74) is 0.758. The second-order valence-electron chi connectivity index (χ2n) is 11.0. The molecule has 0 aromatic heterocycles. The molecule has 7 nitrogen and oxygen atoms in total.